The van der Waals surface area contributed by atoms with Crippen LogP contribution in [0.1, 0.15) is 28.4 Å². The van der Waals surface area contributed by atoms with Gasteiger partial charge in [-0.3, -0.25) is 4.79 Å². The molecule has 4 N–H and O–H groups in total. The van der Waals surface area contributed by atoms with Crippen LogP contribution in [-0.4, -0.2) is 11.8 Å². The Morgan fingerprint density at radius 1 is 1.18 bits per heavy atom. The van der Waals surface area contributed by atoms with Crippen LogP contribution in [0.4, 0.5) is 5.69 Å². The number of pyridine rings is 1. The minimum absolute atomic E-state index is 0. The average molecular weight is 318 g/mol. The zero-order valence-electron chi connectivity index (χ0n) is 12.7. The second kappa shape index (κ2) is 7.73. The van der Waals surface area contributed by atoms with Crippen molar-refractivity contribution in [1.29, 1.82) is 0 Å². The third-order valence-electron chi connectivity index (χ3n) is 3.20. The standard InChI is InChI=1S/C17H19N3O.ClH/c1-12(18)17(21)16-11-20(2)10-9-14(16)6-3-13-4-7-15(19)8-5-13;/h3-12,19H,18H2,1-2H3;1H/t12-;/m0./s1. The lowest BCUT2D eigenvalue weighted by molar-refractivity contribution is -0.671. The number of benzene rings is 1. The van der Waals surface area contributed by atoms with Crippen molar-refractivity contribution >= 4 is 23.6 Å². The first kappa shape index (κ1) is 17.9. The molecule has 0 aliphatic carbocycles. The number of ketones is 1. The molecule has 0 unspecified atom stereocenters. The molecule has 2 rings (SSSR count). The molecular weight excluding hydrogens is 298 g/mol. The summed E-state index contributed by atoms with van der Waals surface area (Å²) in [7, 11) is 1.88. The molecule has 116 valence electrons. The maximum absolute atomic E-state index is 12.2. The number of nitrogen functional groups attached to an aromatic ring is 1. The van der Waals surface area contributed by atoms with E-state index in [1.54, 1.807) is 13.1 Å². The van der Waals surface area contributed by atoms with Gasteiger partial charge in [-0.25, -0.2) is 4.57 Å². The van der Waals surface area contributed by atoms with Crippen molar-refractivity contribution in [3.8, 4) is 0 Å². The molecule has 0 bridgehead atoms. The fraction of sp³-hybridized carbons (Fsp3) is 0.176. The number of rotatable bonds is 4. The van der Waals surface area contributed by atoms with E-state index in [0.29, 0.717) is 5.56 Å². The minimum Gasteiger partial charge on any atom is -1.00 e. The average Bonchev–Trinajstić information content (AvgIpc) is 2.46. The number of Topliss-reactive ketones (excluding diaryl/α,β-unsaturated/α-hetero) is 1. The number of aryl methyl sites for hydroxylation is 1. The summed E-state index contributed by atoms with van der Waals surface area (Å²) in [5, 5.41) is 0. The number of nitrogens with two attached hydrogens (primary N) is 2. The highest BCUT2D eigenvalue weighted by Crippen LogP contribution is 2.14. The van der Waals surface area contributed by atoms with Crippen LogP contribution in [0.3, 0.4) is 0 Å². The van der Waals surface area contributed by atoms with Crippen molar-refractivity contribution in [2.45, 2.75) is 13.0 Å². The molecule has 0 amide bonds. The van der Waals surface area contributed by atoms with E-state index < -0.39 is 6.04 Å². The van der Waals surface area contributed by atoms with Gasteiger partial charge in [-0.15, -0.1) is 0 Å². The van der Waals surface area contributed by atoms with Gasteiger partial charge in [0.2, 0.25) is 0 Å². The molecule has 1 aromatic heterocycles. The number of aromatic nitrogens is 1. The Balaban J connectivity index is 0.00000242. The van der Waals surface area contributed by atoms with E-state index in [9.17, 15) is 4.79 Å². The smallest absolute Gasteiger partial charge is 0.185 e. The molecule has 0 saturated heterocycles. The molecule has 5 heteroatoms. The second-order valence-electron chi connectivity index (χ2n) is 5.13. The highest BCUT2D eigenvalue weighted by Gasteiger charge is 2.17. The molecule has 0 aliphatic heterocycles. The monoisotopic (exact) mass is 317 g/mol. The third kappa shape index (κ3) is 4.41. The van der Waals surface area contributed by atoms with E-state index in [2.05, 4.69) is 0 Å². The maximum atomic E-state index is 12.2. The maximum Gasteiger partial charge on any atom is 0.185 e. The van der Waals surface area contributed by atoms with Crippen LogP contribution >= 0.6 is 0 Å². The van der Waals surface area contributed by atoms with Crippen LogP contribution in [0.5, 0.6) is 0 Å². The summed E-state index contributed by atoms with van der Waals surface area (Å²) in [5.74, 6) is -0.0665. The van der Waals surface area contributed by atoms with Gasteiger partial charge < -0.3 is 23.9 Å². The summed E-state index contributed by atoms with van der Waals surface area (Å²) in [4.78, 5) is 12.2. The van der Waals surface area contributed by atoms with E-state index in [1.165, 1.54) is 0 Å². The largest absolute Gasteiger partial charge is 1.00 e. The van der Waals surface area contributed by atoms with Gasteiger partial charge in [0.05, 0.1) is 11.6 Å². The number of hydrogen-bond acceptors (Lipinski definition) is 3. The lowest BCUT2D eigenvalue weighted by atomic mass is 10.0. The zero-order chi connectivity index (χ0) is 15.4. The van der Waals surface area contributed by atoms with Gasteiger partial charge in [-0.1, -0.05) is 24.3 Å². The summed E-state index contributed by atoms with van der Waals surface area (Å²) < 4.78 is 1.84. The van der Waals surface area contributed by atoms with Crippen LogP contribution < -0.4 is 28.4 Å². The Morgan fingerprint density at radius 2 is 1.82 bits per heavy atom. The van der Waals surface area contributed by atoms with Gasteiger partial charge in [0.1, 0.15) is 7.05 Å². The number of halogens is 1. The van der Waals surface area contributed by atoms with Crippen LogP contribution in [0.25, 0.3) is 12.2 Å². The molecule has 0 saturated carbocycles. The number of carbonyl (C=O) groups is 1. The molecule has 0 aliphatic rings. The quantitative estimate of drug-likeness (QED) is 0.422. The van der Waals surface area contributed by atoms with E-state index >= 15 is 0 Å². The van der Waals surface area contributed by atoms with Gasteiger partial charge in [0.25, 0.3) is 0 Å². The first-order valence-corrected chi connectivity index (χ1v) is 6.80. The van der Waals surface area contributed by atoms with Gasteiger partial charge in [0, 0.05) is 11.8 Å². The van der Waals surface area contributed by atoms with Crippen LogP contribution in [-0.2, 0) is 7.05 Å². The van der Waals surface area contributed by atoms with Gasteiger partial charge in [-0.05, 0) is 30.2 Å². The number of carbonyl (C=O) groups excluding carboxylic acids is 1. The van der Waals surface area contributed by atoms with Gasteiger partial charge >= 0.3 is 0 Å². The Labute approximate surface area is 136 Å². The van der Waals surface area contributed by atoms with Crippen molar-refractivity contribution in [2.75, 3.05) is 5.73 Å². The molecule has 1 heterocycles. The molecule has 0 radical (unpaired) electrons. The molecular formula is C17H20ClN3O. The summed E-state index contributed by atoms with van der Waals surface area (Å²) in [6, 6.07) is 8.95. The second-order valence-corrected chi connectivity index (χ2v) is 5.13. The molecule has 22 heavy (non-hydrogen) atoms. The zero-order valence-corrected chi connectivity index (χ0v) is 13.4. The summed E-state index contributed by atoms with van der Waals surface area (Å²) >= 11 is 0. The molecule has 2 aromatic rings. The molecule has 0 fully saturated rings. The van der Waals surface area contributed by atoms with E-state index in [4.69, 9.17) is 11.5 Å². The highest BCUT2D eigenvalue weighted by molar-refractivity contribution is 6.02. The fourth-order valence-corrected chi connectivity index (χ4v) is 2.00. The molecule has 0 spiro atoms. The summed E-state index contributed by atoms with van der Waals surface area (Å²) in [6.07, 6.45) is 7.57. The van der Waals surface area contributed by atoms with Gasteiger partial charge in [0.15, 0.2) is 18.2 Å². The van der Waals surface area contributed by atoms with E-state index in [0.717, 1.165) is 16.8 Å². The molecule has 1 aromatic carbocycles. The van der Waals surface area contributed by atoms with E-state index in [1.807, 2.05) is 60.3 Å². The van der Waals surface area contributed by atoms with Crippen LogP contribution in [0, 0.1) is 0 Å². The topological polar surface area (TPSA) is 73.0 Å². The summed E-state index contributed by atoms with van der Waals surface area (Å²) in [5.41, 5.74) is 14.6. The van der Waals surface area contributed by atoms with Crippen molar-refractivity contribution in [2.24, 2.45) is 12.8 Å². The third-order valence-corrected chi connectivity index (χ3v) is 3.20. The Bertz CT molecular complexity index is 679. The Hall–Kier alpha value is -2.17. The lowest BCUT2D eigenvalue weighted by Crippen LogP contribution is -3.00. The normalized spacial score (nSPS) is 12.0. The van der Waals surface area contributed by atoms with Crippen molar-refractivity contribution in [1.82, 2.24) is 0 Å². The van der Waals surface area contributed by atoms with Crippen LogP contribution in [0.15, 0.2) is 42.7 Å². The molecule has 1 atom stereocenters. The highest BCUT2D eigenvalue weighted by atomic mass is 35.5. The van der Waals surface area contributed by atoms with Crippen LogP contribution in [0.2, 0.25) is 0 Å². The fourth-order valence-electron chi connectivity index (χ4n) is 2.00. The predicted octanol–water partition coefficient (Wildman–Crippen LogP) is -1.20. The first-order valence-electron chi connectivity index (χ1n) is 6.80. The van der Waals surface area contributed by atoms with Crippen molar-refractivity contribution < 1.29 is 21.8 Å². The number of hydrogen-bond donors (Lipinski definition) is 2. The lowest BCUT2D eigenvalue weighted by Gasteiger charge is -2.06. The number of anilines is 1. The number of nitrogens with zero attached hydrogens (tertiary/aromatic N) is 1. The summed E-state index contributed by atoms with van der Waals surface area (Å²) in [6.45, 7) is 1.70. The Kier molecular flexibility index (Phi) is 6.28. The SMILES string of the molecule is C[C@H](N)C(=O)c1c[n+](C)ccc1C=Cc1ccc(N)cc1.[Cl-]. The Morgan fingerprint density at radius 3 is 2.41 bits per heavy atom. The predicted molar refractivity (Wildman–Crippen MR) is 85.4 cm³/mol. The van der Waals surface area contributed by atoms with E-state index in [-0.39, 0.29) is 18.2 Å². The molecule has 4 nitrogen and oxygen atoms in total. The van der Waals surface area contributed by atoms with Crippen molar-refractivity contribution in [3.63, 3.8) is 0 Å². The minimum atomic E-state index is -0.518. The van der Waals surface area contributed by atoms with Gasteiger partial charge in [-0.2, -0.15) is 0 Å². The van der Waals surface area contributed by atoms with Crippen molar-refractivity contribution in [3.05, 3.63) is 59.4 Å². The first-order chi connectivity index (χ1) is 9.97.